The van der Waals surface area contributed by atoms with Crippen LogP contribution >= 0.6 is 15.9 Å². The van der Waals surface area contributed by atoms with Gasteiger partial charge in [-0.2, -0.15) is 0 Å². The molecular weight excluding hydrogens is 336 g/mol. The van der Waals surface area contributed by atoms with Crippen LogP contribution in [0.15, 0.2) is 28.7 Å². The molecule has 2 rings (SSSR count). The van der Waals surface area contributed by atoms with Crippen LogP contribution in [-0.2, 0) is 14.3 Å². The molecule has 0 amide bonds. The minimum Gasteiger partial charge on any atom is -0.496 e. The molecule has 5 heteroatoms. The molecule has 1 aliphatic carbocycles. The summed E-state index contributed by atoms with van der Waals surface area (Å²) in [5, 5.41) is 0. The number of rotatable bonds is 4. The van der Waals surface area contributed by atoms with Crippen LogP contribution < -0.4 is 4.74 Å². The highest BCUT2D eigenvalue weighted by Gasteiger charge is 2.24. The Labute approximate surface area is 132 Å². The number of methoxy groups -OCH3 is 1. The van der Waals surface area contributed by atoms with Crippen molar-refractivity contribution in [1.29, 1.82) is 0 Å². The van der Waals surface area contributed by atoms with Gasteiger partial charge in [0.15, 0.2) is 11.9 Å². The molecule has 1 atom stereocenters. The summed E-state index contributed by atoms with van der Waals surface area (Å²) >= 11 is 3.37. The quantitative estimate of drug-likeness (QED) is 0.614. The first kappa shape index (κ1) is 15.8. The van der Waals surface area contributed by atoms with Crippen molar-refractivity contribution in [3.63, 3.8) is 0 Å². The Hall–Kier alpha value is -1.62. The van der Waals surface area contributed by atoms with Crippen LogP contribution in [0.25, 0.3) is 6.08 Å². The van der Waals surface area contributed by atoms with Crippen molar-refractivity contribution in [2.75, 3.05) is 7.11 Å². The summed E-state index contributed by atoms with van der Waals surface area (Å²) in [4.78, 5) is 23.4. The van der Waals surface area contributed by atoms with Crippen molar-refractivity contribution in [2.45, 2.75) is 31.8 Å². The van der Waals surface area contributed by atoms with E-state index in [1.165, 1.54) is 6.08 Å². The average Bonchev–Trinajstić information content (AvgIpc) is 2.48. The van der Waals surface area contributed by atoms with Crippen LogP contribution in [0.2, 0.25) is 0 Å². The Bertz CT molecular complexity index is 565. The smallest absolute Gasteiger partial charge is 0.331 e. The maximum absolute atomic E-state index is 11.8. The van der Waals surface area contributed by atoms with Gasteiger partial charge < -0.3 is 9.47 Å². The first-order valence-corrected chi connectivity index (χ1v) is 7.64. The third-order valence-electron chi connectivity index (χ3n) is 3.35. The molecular formula is C16H17BrO4. The Morgan fingerprint density at radius 2 is 2.19 bits per heavy atom. The Morgan fingerprint density at radius 3 is 2.90 bits per heavy atom. The van der Waals surface area contributed by atoms with Gasteiger partial charge >= 0.3 is 5.97 Å². The summed E-state index contributed by atoms with van der Waals surface area (Å²) in [5.74, 6) is 0.177. The van der Waals surface area contributed by atoms with E-state index in [0.717, 1.165) is 22.9 Å². The van der Waals surface area contributed by atoms with Crippen molar-refractivity contribution in [1.82, 2.24) is 0 Å². The van der Waals surface area contributed by atoms with E-state index in [9.17, 15) is 9.59 Å². The van der Waals surface area contributed by atoms with E-state index in [4.69, 9.17) is 9.47 Å². The van der Waals surface area contributed by atoms with E-state index in [1.54, 1.807) is 19.3 Å². The highest BCUT2D eigenvalue weighted by Crippen LogP contribution is 2.24. The molecule has 1 aromatic rings. The van der Waals surface area contributed by atoms with Gasteiger partial charge in [-0.25, -0.2) is 4.79 Å². The lowest BCUT2D eigenvalue weighted by Crippen LogP contribution is -2.29. The summed E-state index contributed by atoms with van der Waals surface area (Å²) < 4.78 is 11.3. The van der Waals surface area contributed by atoms with Gasteiger partial charge in [-0.15, -0.1) is 0 Å². The van der Waals surface area contributed by atoms with Crippen LogP contribution in [0, 0.1) is 0 Å². The molecule has 0 saturated heterocycles. The number of benzene rings is 1. The van der Waals surface area contributed by atoms with Gasteiger partial charge in [0, 0.05) is 22.5 Å². The Kier molecular flexibility index (Phi) is 5.56. The number of esters is 1. The zero-order chi connectivity index (χ0) is 15.2. The van der Waals surface area contributed by atoms with E-state index in [-0.39, 0.29) is 5.78 Å². The number of halogens is 1. The number of hydrogen-bond acceptors (Lipinski definition) is 4. The van der Waals surface area contributed by atoms with Gasteiger partial charge in [0.2, 0.25) is 0 Å². The third-order valence-corrected chi connectivity index (χ3v) is 3.84. The van der Waals surface area contributed by atoms with E-state index in [0.29, 0.717) is 18.6 Å². The second-order valence-corrected chi connectivity index (χ2v) is 5.77. The fourth-order valence-electron chi connectivity index (χ4n) is 2.25. The summed E-state index contributed by atoms with van der Waals surface area (Å²) in [6.45, 7) is 0. The van der Waals surface area contributed by atoms with E-state index >= 15 is 0 Å². The zero-order valence-electron chi connectivity index (χ0n) is 11.8. The van der Waals surface area contributed by atoms with E-state index in [1.807, 2.05) is 12.1 Å². The molecule has 0 bridgehead atoms. The summed E-state index contributed by atoms with van der Waals surface area (Å²) in [6, 6.07) is 5.50. The number of carbonyl (C=O) groups excluding carboxylic acids is 2. The highest BCUT2D eigenvalue weighted by molar-refractivity contribution is 9.10. The summed E-state index contributed by atoms with van der Waals surface area (Å²) in [5.41, 5.74) is 0.763. The maximum Gasteiger partial charge on any atom is 0.331 e. The molecule has 1 aliphatic rings. The minimum absolute atomic E-state index is 0.0167. The van der Waals surface area contributed by atoms with Crippen molar-refractivity contribution in [3.05, 3.63) is 34.3 Å². The molecule has 0 heterocycles. The zero-order valence-corrected chi connectivity index (χ0v) is 13.4. The molecule has 0 aromatic heterocycles. The monoisotopic (exact) mass is 352 g/mol. The first-order chi connectivity index (χ1) is 10.1. The maximum atomic E-state index is 11.8. The summed E-state index contributed by atoms with van der Waals surface area (Å²) in [7, 11) is 1.57. The predicted octanol–water partition coefficient (Wildman–Crippen LogP) is 3.53. The lowest BCUT2D eigenvalue weighted by Gasteiger charge is -2.19. The van der Waals surface area contributed by atoms with Gasteiger partial charge in [-0.1, -0.05) is 15.9 Å². The number of carbonyl (C=O) groups is 2. The molecule has 1 aromatic carbocycles. The largest absolute Gasteiger partial charge is 0.496 e. The van der Waals surface area contributed by atoms with Gasteiger partial charge in [0.1, 0.15) is 5.75 Å². The number of ether oxygens (including phenoxy) is 2. The fourth-order valence-corrected chi connectivity index (χ4v) is 2.63. The topological polar surface area (TPSA) is 52.6 Å². The third kappa shape index (κ3) is 4.43. The Balaban J connectivity index is 2.01. The molecule has 1 unspecified atom stereocenters. The standard InChI is InChI=1S/C16H17BrO4/c1-20-14-8-7-12(17)10-11(14)6-9-16(19)21-15-5-3-2-4-13(15)18/h6-10,15H,2-5H2,1H3/b9-6+. The molecule has 0 radical (unpaired) electrons. The molecule has 1 saturated carbocycles. The molecule has 112 valence electrons. The van der Waals surface area contributed by atoms with Crippen molar-refractivity contribution >= 4 is 33.8 Å². The number of hydrogen-bond donors (Lipinski definition) is 0. The summed E-state index contributed by atoms with van der Waals surface area (Å²) in [6.07, 6.45) is 5.30. The average molecular weight is 353 g/mol. The van der Waals surface area contributed by atoms with Crippen molar-refractivity contribution in [2.24, 2.45) is 0 Å². The second kappa shape index (κ2) is 7.41. The number of Topliss-reactive ketones (excluding diaryl/α,β-unsaturated/α-hetero) is 1. The van der Waals surface area contributed by atoms with Crippen LogP contribution in [0.4, 0.5) is 0 Å². The number of ketones is 1. The van der Waals surface area contributed by atoms with Crippen LogP contribution in [0.3, 0.4) is 0 Å². The normalized spacial score (nSPS) is 18.8. The van der Waals surface area contributed by atoms with E-state index < -0.39 is 12.1 Å². The SMILES string of the molecule is COc1ccc(Br)cc1/C=C/C(=O)OC1CCCCC1=O. The highest BCUT2D eigenvalue weighted by atomic mass is 79.9. The molecule has 1 fully saturated rings. The van der Waals surface area contributed by atoms with Crippen molar-refractivity contribution < 1.29 is 19.1 Å². The van der Waals surface area contributed by atoms with Gasteiger partial charge in [0.25, 0.3) is 0 Å². The molecule has 21 heavy (non-hydrogen) atoms. The van der Waals surface area contributed by atoms with Gasteiger partial charge in [-0.3, -0.25) is 4.79 Å². The lowest BCUT2D eigenvalue weighted by molar-refractivity contribution is -0.152. The Morgan fingerprint density at radius 1 is 1.38 bits per heavy atom. The van der Waals surface area contributed by atoms with Gasteiger partial charge in [-0.05, 0) is 43.5 Å². The fraction of sp³-hybridized carbons (Fsp3) is 0.375. The van der Waals surface area contributed by atoms with Crippen LogP contribution in [0.5, 0.6) is 5.75 Å². The van der Waals surface area contributed by atoms with E-state index in [2.05, 4.69) is 15.9 Å². The lowest BCUT2D eigenvalue weighted by atomic mass is 9.96. The molecule has 0 aliphatic heterocycles. The van der Waals surface area contributed by atoms with Crippen LogP contribution in [-0.4, -0.2) is 25.0 Å². The molecule has 4 nitrogen and oxygen atoms in total. The molecule has 0 N–H and O–H groups in total. The van der Waals surface area contributed by atoms with Gasteiger partial charge in [0.05, 0.1) is 7.11 Å². The van der Waals surface area contributed by atoms with Crippen LogP contribution in [0.1, 0.15) is 31.2 Å². The first-order valence-electron chi connectivity index (χ1n) is 6.85. The molecule has 0 spiro atoms. The minimum atomic E-state index is -0.583. The van der Waals surface area contributed by atoms with Crippen molar-refractivity contribution in [3.8, 4) is 5.75 Å². The second-order valence-electron chi connectivity index (χ2n) is 4.86. The predicted molar refractivity (Wildman–Crippen MR) is 83.1 cm³/mol.